The number of rotatable bonds is 9. The Kier molecular flexibility index (Phi) is 10.2. The molecule has 2 aromatic carbocycles. The number of halogens is 1. The number of amides is 1. The number of nitrogens with one attached hydrogen (secondary N) is 2. The van der Waals surface area contributed by atoms with E-state index in [-0.39, 0.29) is 24.4 Å². The summed E-state index contributed by atoms with van der Waals surface area (Å²) >= 11 is 0. The minimum Gasteiger partial charge on any atom is -0.345 e. The van der Waals surface area contributed by atoms with Crippen LogP contribution in [0.15, 0.2) is 60.7 Å². The van der Waals surface area contributed by atoms with Crippen LogP contribution >= 0.6 is 12.4 Å². The summed E-state index contributed by atoms with van der Waals surface area (Å²) in [6.45, 7) is 4.18. The van der Waals surface area contributed by atoms with Crippen molar-refractivity contribution in [1.82, 2.24) is 15.5 Å². The van der Waals surface area contributed by atoms with E-state index in [1.807, 2.05) is 43.4 Å². The molecule has 5 heteroatoms. The molecule has 1 aliphatic rings. The fraction of sp³-hybridized carbons (Fsp3) is 0.458. The first-order chi connectivity index (χ1) is 13.8. The summed E-state index contributed by atoms with van der Waals surface area (Å²) < 4.78 is 0. The molecule has 0 aromatic heterocycles. The molecule has 0 bridgehead atoms. The standard InChI is InChI=1S/C24H33N3O.ClH/c1-25-16-12-20-13-17-27(18-14-20)19-15-23(28)26-24(21-8-4-2-5-9-21)22-10-6-3-7-11-22;/h2-11,20,24-25H,12-19H2,1H3,(H,26,28);1H. The molecule has 1 aliphatic heterocycles. The topological polar surface area (TPSA) is 44.4 Å². The first-order valence-electron chi connectivity index (χ1n) is 10.5. The van der Waals surface area contributed by atoms with Crippen molar-refractivity contribution in [2.45, 2.75) is 31.7 Å². The summed E-state index contributed by atoms with van der Waals surface area (Å²) in [5.41, 5.74) is 2.24. The highest BCUT2D eigenvalue weighted by molar-refractivity contribution is 5.85. The van der Waals surface area contributed by atoms with Crippen molar-refractivity contribution in [2.75, 3.05) is 33.2 Å². The molecule has 0 unspecified atom stereocenters. The second-order valence-electron chi connectivity index (χ2n) is 7.75. The van der Waals surface area contributed by atoms with Gasteiger partial charge in [0.2, 0.25) is 5.91 Å². The van der Waals surface area contributed by atoms with Gasteiger partial charge in [0.05, 0.1) is 6.04 Å². The predicted octanol–water partition coefficient (Wildman–Crippen LogP) is 4.03. The summed E-state index contributed by atoms with van der Waals surface area (Å²) in [7, 11) is 2.02. The average Bonchev–Trinajstić information content (AvgIpc) is 2.76. The van der Waals surface area contributed by atoms with E-state index >= 15 is 0 Å². The largest absolute Gasteiger partial charge is 0.345 e. The van der Waals surface area contributed by atoms with Crippen LogP contribution in [0.25, 0.3) is 0 Å². The Bertz CT molecular complexity index is 663. The molecule has 1 fully saturated rings. The lowest BCUT2D eigenvalue weighted by Gasteiger charge is -2.32. The van der Waals surface area contributed by atoms with Crippen LogP contribution in [0.4, 0.5) is 0 Å². The van der Waals surface area contributed by atoms with Gasteiger partial charge in [-0.3, -0.25) is 4.79 Å². The highest BCUT2D eigenvalue weighted by Crippen LogP contribution is 2.22. The Morgan fingerprint density at radius 2 is 1.55 bits per heavy atom. The lowest BCUT2D eigenvalue weighted by molar-refractivity contribution is -0.122. The highest BCUT2D eigenvalue weighted by atomic mass is 35.5. The van der Waals surface area contributed by atoms with E-state index < -0.39 is 0 Å². The summed E-state index contributed by atoms with van der Waals surface area (Å²) in [6.07, 6.45) is 4.32. The maximum absolute atomic E-state index is 12.7. The molecule has 2 N–H and O–H groups in total. The van der Waals surface area contributed by atoms with Crippen molar-refractivity contribution in [3.05, 3.63) is 71.8 Å². The van der Waals surface area contributed by atoms with Gasteiger partial charge in [-0.1, -0.05) is 60.7 Å². The van der Waals surface area contributed by atoms with Crippen LogP contribution in [0.5, 0.6) is 0 Å². The van der Waals surface area contributed by atoms with Gasteiger partial charge in [0.25, 0.3) is 0 Å². The third kappa shape index (κ3) is 7.46. The van der Waals surface area contributed by atoms with Crippen molar-refractivity contribution < 1.29 is 4.79 Å². The van der Waals surface area contributed by atoms with E-state index in [1.54, 1.807) is 0 Å². The van der Waals surface area contributed by atoms with Crippen molar-refractivity contribution in [3.63, 3.8) is 0 Å². The number of hydrogen-bond acceptors (Lipinski definition) is 3. The highest BCUT2D eigenvalue weighted by Gasteiger charge is 2.20. The molecule has 2 aromatic rings. The fourth-order valence-corrected chi connectivity index (χ4v) is 3.99. The summed E-state index contributed by atoms with van der Waals surface area (Å²) in [4.78, 5) is 15.1. The number of likely N-dealkylation sites (tertiary alicyclic amines) is 1. The minimum atomic E-state index is -0.0952. The van der Waals surface area contributed by atoms with Crippen LogP contribution in [0.2, 0.25) is 0 Å². The molecule has 0 radical (unpaired) electrons. The minimum absolute atomic E-state index is 0. The Labute approximate surface area is 181 Å². The number of carbonyl (C=O) groups is 1. The van der Waals surface area contributed by atoms with Gasteiger partial charge in [-0.2, -0.15) is 0 Å². The number of hydrogen-bond donors (Lipinski definition) is 2. The molecular weight excluding hydrogens is 382 g/mol. The summed E-state index contributed by atoms with van der Waals surface area (Å²) in [5.74, 6) is 0.952. The molecule has 1 amide bonds. The van der Waals surface area contributed by atoms with Gasteiger partial charge in [-0.15, -0.1) is 12.4 Å². The second-order valence-corrected chi connectivity index (χ2v) is 7.75. The third-order valence-corrected chi connectivity index (χ3v) is 5.74. The average molecular weight is 416 g/mol. The van der Waals surface area contributed by atoms with Crippen LogP contribution in [-0.2, 0) is 4.79 Å². The number of nitrogens with zero attached hydrogens (tertiary/aromatic N) is 1. The maximum atomic E-state index is 12.7. The first kappa shape index (κ1) is 23.4. The molecular formula is C24H34ClN3O. The zero-order valence-electron chi connectivity index (χ0n) is 17.3. The monoisotopic (exact) mass is 415 g/mol. The van der Waals surface area contributed by atoms with E-state index in [9.17, 15) is 4.79 Å². The van der Waals surface area contributed by atoms with E-state index in [1.165, 1.54) is 19.3 Å². The van der Waals surface area contributed by atoms with Crippen LogP contribution in [-0.4, -0.2) is 44.0 Å². The normalized spacial score (nSPS) is 15.1. The van der Waals surface area contributed by atoms with E-state index in [2.05, 4.69) is 39.8 Å². The lowest BCUT2D eigenvalue weighted by atomic mass is 9.93. The molecule has 0 saturated carbocycles. The van der Waals surface area contributed by atoms with Gasteiger partial charge in [0.15, 0.2) is 0 Å². The molecule has 3 rings (SSSR count). The second kappa shape index (κ2) is 12.6. The number of benzene rings is 2. The van der Waals surface area contributed by atoms with Gasteiger partial charge in [-0.25, -0.2) is 0 Å². The Morgan fingerprint density at radius 3 is 2.07 bits per heavy atom. The van der Waals surface area contributed by atoms with Crippen molar-refractivity contribution in [3.8, 4) is 0 Å². The Morgan fingerprint density at radius 1 is 1.00 bits per heavy atom. The van der Waals surface area contributed by atoms with Gasteiger partial charge in [0.1, 0.15) is 0 Å². The van der Waals surface area contributed by atoms with E-state index in [0.29, 0.717) is 6.42 Å². The number of piperidine rings is 1. The molecule has 0 atom stereocenters. The zero-order chi connectivity index (χ0) is 19.6. The summed E-state index contributed by atoms with van der Waals surface area (Å²) in [6, 6.07) is 20.3. The zero-order valence-corrected chi connectivity index (χ0v) is 18.2. The maximum Gasteiger partial charge on any atom is 0.222 e. The van der Waals surface area contributed by atoms with Gasteiger partial charge in [-0.05, 0) is 63.0 Å². The molecule has 1 heterocycles. The molecule has 29 heavy (non-hydrogen) atoms. The van der Waals surface area contributed by atoms with Crippen LogP contribution in [0.3, 0.4) is 0 Å². The molecule has 0 spiro atoms. The van der Waals surface area contributed by atoms with Crippen molar-refractivity contribution in [1.29, 1.82) is 0 Å². The lowest BCUT2D eigenvalue weighted by Crippen LogP contribution is -2.38. The van der Waals surface area contributed by atoms with Crippen LogP contribution < -0.4 is 10.6 Å². The smallest absolute Gasteiger partial charge is 0.222 e. The Hall–Kier alpha value is -1.88. The van der Waals surface area contributed by atoms with Crippen LogP contribution in [0.1, 0.15) is 42.9 Å². The molecule has 158 valence electrons. The van der Waals surface area contributed by atoms with Gasteiger partial charge in [0, 0.05) is 13.0 Å². The van der Waals surface area contributed by atoms with Crippen molar-refractivity contribution in [2.24, 2.45) is 5.92 Å². The Balaban J connectivity index is 0.00000300. The molecule has 1 saturated heterocycles. The third-order valence-electron chi connectivity index (χ3n) is 5.74. The quantitative estimate of drug-likeness (QED) is 0.650. The SMILES string of the molecule is CNCCC1CCN(CCC(=O)NC(c2ccccc2)c2ccccc2)CC1.Cl. The van der Waals surface area contributed by atoms with E-state index in [0.717, 1.165) is 43.2 Å². The first-order valence-corrected chi connectivity index (χ1v) is 10.5. The predicted molar refractivity (Wildman–Crippen MR) is 122 cm³/mol. The van der Waals surface area contributed by atoms with Crippen molar-refractivity contribution >= 4 is 18.3 Å². The molecule has 0 aliphatic carbocycles. The van der Waals surface area contributed by atoms with E-state index in [4.69, 9.17) is 0 Å². The summed E-state index contributed by atoms with van der Waals surface area (Å²) in [5, 5.41) is 6.50. The van der Waals surface area contributed by atoms with Gasteiger partial charge >= 0.3 is 0 Å². The number of carbonyl (C=O) groups excluding carboxylic acids is 1. The fourth-order valence-electron chi connectivity index (χ4n) is 3.99. The molecule has 4 nitrogen and oxygen atoms in total. The van der Waals surface area contributed by atoms with Crippen LogP contribution in [0, 0.1) is 5.92 Å². The van der Waals surface area contributed by atoms with Gasteiger partial charge < -0.3 is 15.5 Å².